The second-order valence-corrected chi connectivity index (χ2v) is 7.47. The van der Waals surface area contributed by atoms with E-state index >= 15 is 0 Å². The van der Waals surface area contributed by atoms with Crippen molar-refractivity contribution in [1.29, 1.82) is 0 Å². The van der Waals surface area contributed by atoms with Gasteiger partial charge < -0.3 is 9.64 Å². The lowest BCUT2D eigenvalue weighted by Gasteiger charge is -2.33. The van der Waals surface area contributed by atoms with E-state index in [1.807, 2.05) is 43.1 Å². The molecule has 1 atom stereocenters. The van der Waals surface area contributed by atoms with E-state index in [0.29, 0.717) is 6.61 Å². The zero-order chi connectivity index (χ0) is 16.4. The molecule has 23 heavy (non-hydrogen) atoms. The molecule has 1 aliphatic rings. The number of amides is 1. The molecule has 2 heterocycles. The number of halogens is 1. The van der Waals surface area contributed by atoms with Gasteiger partial charge in [-0.1, -0.05) is 30.3 Å². The lowest BCUT2D eigenvalue weighted by atomic mass is 10.0. The highest BCUT2D eigenvalue weighted by molar-refractivity contribution is 14.1. The Morgan fingerprint density at radius 1 is 1.39 bits per heavy atom. The summed E-state index contributed by atoms with van der Waals surface area (Å²) < 4.78 is 8.58. The van der Waals surface area contributed by atoms with Crippen LogP contribution in [-0.2, 0) is 22.5 Å². The predicted octanol–water partition coefficient (Wildman–Crippen LogP) is 2.69. The third-order valence-electron chi connectivity index (χ3n) is 4.06. The number of hydrogen-bond acceptors (Lipinski definition) is 3. The smallest absolute Gasteiger partial charge is 0.246 e. The van der Waals surface area contributed by atoms with E-state index in [1.165, 1.54) is 5.56 Å². The van der Waals surface area contributed by atoms with Gasteiger partial charge in [0.05, 0.1) is 22.4 Å². The minimum absolute atomic E-state index is 0.0351. The van der Waals surface area contributed by atoms with Crippen LogP contribution in [0.4, 0.5) is 0 Å². The Bertz CT molecular complexity index is 684. The zero-order valence-electron chi connectivity index (χ0n) is 13.3. The minimum atomic E-state index is -0.586. The molecule has 1 aromatic heterocycles. The Morgan fingerprint density at radius 2 is 2.13 bits per heavy atom. The van der Waals surface area contributed by atoms with Gasteiger partial charge in [0.25, 0.3) is 0 Å². The fourth-order valence-electron chi connectivity index (χ4n) is 3.06. The number of rotatable bonds is 4. The Hall–Kier alpha value is -1.41. The van der Waals surface area contributed by atoms with Crippen molar-refractivity contribution < 1.29 is 9.53 Å². The summed E-state index contributed by atoms with van der Waals surface area (Å²) >= 11 is 2.19. The van der Waals surface area contributed by atoms with Crippen molar-refractivity contribution in [2.24, 2.45) is 0 Å². The Morgan fingerprint density at radius 3 is 2.78 bits per heavy atom. The van der Waals surface area contributed by atoms with Gasteiger partial charge in [-0.3, -0.25) is 9.48 Å². The quantitative estimate of drug-likeness (QED) is 0.708. The van der Waals surface area contributed by atoms with Crippen molar-refractivity contribution in [2.75, 3.05) is 6.61 Å². The molecule has 0 radical (unpaired) electrons. The lowest BCUT2D eigenvalue weighted by Crippen LogP contribution is -2.49. The first kappa shape index (κ1) is 16.4. The molecule has 0 unspecified atom stereocenters. The SMILES string of the molecule is CC1(C)OC[C@H](Cc2ccccc2)N1C(=O)Cn1cc(I)cn1. The molecule has 0 saturated carbocycles. The van der Waals surface area contributed by atoms with Crippen molar-refractivity contribution in [3.63, 3.8) is 0 Å². The lowest BCUT2D eigenvalue weighted by molar-refractivity contribution is -0.146. The topological polar surface area (TPSA) is 47.4 Å². The van der Waals surface area contributed by atoms with E-state index in [4.69, 9.17) is 4.74 Å². The molecule has 1 aliphatic heterocycles. The molecule has 6 heteroatoms. The first-order valence-electron chi connectivity index (χ1n) is 7.64. The third-order valence-corrected chi connectivity index (χ3v) is 4.61. The predicted molar refractivity (Wildman–Crippen MR) is 95.8 cm³/mol. The van der Waals surface area contributed by atoms with E-state index < -0.39 is 5.72 Å². The Balaban J connectivity index is 1.76. The summed E-state index contributed by atoms with van der Waals surface area (Å²) in [6.07, 6.45) is 4.42. The van der Waals surface area contributed by atoms with Crippen LogP contribution in [0, 0.1) is 3.57 Å². The number of carbonyl (C=O) groups excluding carboxylic acids is 1. The van der Waals surface area contributed by atoms with Crippen LogP contribution in [0.1, 0.15) is 19.4 Å². The number of aromatic nitrogens is 2. The van der Waals surface area contributed by atoms with Crippen molar-refractivity contribution >= 4 is 28.5 Å². The minimum Gasteiger partial charge on any atom is -0.354 e. The van der Waals surface area contributed by atoms with Crippen LogP contribution in [0.3, 0.4) is 0 Å². The number of ether oxygens (including phenoxy) is 1. The van der Waals surface area contributed by atoms with Crippen LogP contribution < -0.4 is 0 Å². The van der Waals surface area contributed by atoms with Crippen molar-refractivity contribution in [3.05, 3.63) is 51.9 Å². The molecule has 0 spiro atoms. The first-order valence-corrected chi connectivity index (χ1v) is 8.71. The first-order chi connectivity index (χ1) is 11.0. The molecular weight excluding hydrogens is 405 g/mol. The number of nitrogens with zero attached hydrogens (tertiary/aromatic N) is 3. The molecule has 122 valence electrons. The summed E-state index contributed by atoms with van der Waals surface area (Å²) in [5.74, 6) is 0.0351. The van der Waals surface area contributed by atoms with Gasteiger partial charge >= 0.3 is 0 Å². The fraction of sp³-hybridized carbons (Fsp3) is 0.412. The molecule has 1 aromatic carbocycles. The maximum atomic E-state index is 12.8. The van der Waals surface area contributed by atoms with Gasteiger partial charge in [-0.05, 0) is 48.4 Å². The third kappa shape index (κ3) is 3.74. The van der Waals surface area contributed by atoms with Gasteiger partial charge in [-0.25, -0.2) is 0 Å². The van der Waals surface area contributed by atoms with E-state index in [9.17, 15) is 4.79 Å². The molecule has 1 saturated heterocycles. The highest BCUT2D eigenvalue weighted by Gasteiger charge is 2.43. The normalized spacial score (nSPS) is 20.0. The second-order valence-electron chi connectivity index (χ2n) is 6.22. The summed E-state index contributed by atoms with van der Waals surface area (Å²) in [7, 11) is 0. The van der Waals surface area contributed by atoms with E-state index in [2.05, 4.69) is 39.8 Å². The van der Waals surface area contributed by atoms with Crippen LogP contribution in [0.5, 0.6) is 0 Å². The Kier molecular flexibility index (Phi) is 4.72. The second kappa shape index (κ2) is 6.60. The number of carbonyl (C=O) groups is 1. The standard InChI is InChI=1S/C17H20IN3O2/c1-17(2)21(16(22)11-20-10-14(18)9-19-20)15(12-23-17)8-13-6-4-3-5-7-13/h3-7,9-10,15H,8,11-12H2,1-2H3/t15-/m0/s1. The molecule has 5 nitrogen and oxygen atoms in total. The zero-order valence-corrected chi connectivity index (χ0v) is 15.4. The summed E-state index contributed by atoms with van der Waals surface area (Å²) in [5.41, 5.74) is 0.627. The van der Waals surface area contributed by atoms with Crippen LogP contribution in [0.2, 0.25) is 0 Å². The monoisotopic (exact) mass is 425 g/mol. The molecule has 0 aliphatic carbocycles. The summed E-state index contributed by atoms with van der Waals surface area (Å²) in [4.78, 5) is 14.7. The van der Waals surface area contributed by atoms with Crippen LogP contribution >= 0.6 is 22.6 Å². The van der Waals surface area contributed by atoms with Gasteiger partial charge in [0.15, 0.2) is 0 Å². The average molecular weight is 425 g/mol. The van der Waals surface area contributed by atoms with Crippen LogP contribution in [0.15, 0.2) is 42.7 Å². The van der Waals surface area contributed by atoms with Crippen molar-refractivity contribution in [2.45, 2.75) is 38.6 Å². The highest BCUT2D eigenvalue weighted by Crippen LogP contribution is 2.29. The van der Waals surface area contributed by atoms with Crippen molar-refractivity contribution in [1.82, 2.24) is 14.7 Å². The van der Waals surface area contributed by atoms with E-state index in [1.54, 1.807) is 10.9 Å². The maximum absolute atomic E-state index is 12.8. The van der Waals surface area contributed by atoms with Gasteiger partial charge in [0.2, 0.25) is 5.91 Å². The molecule has 0 bridgehead atoms. The molecule has 1 amide bonds. The summed E-state index contributed by atoms with van der Waals surface area (Å²) in [6, 6.07) is 10.3. The van der Waals surface area contributed by atoms with Crippen molar-refractivity contribution in [3.8, 4) is 0 Å². The van der Waals surface area contributed by atoms with E-state index in [-0.39, 0.29) is 18.5 Å². The number of benzene rings is 1. The average Bonchev–Trinajstić information content (AvgIpc) is 3.03. The highest BCUT2D eigenvalue weighted by atomic mass is 127. The summed E-state index contributed by atoms with van der Waals surface area (Å²) in [5, 5.41) is 4.20. The fourth-order valence-corrected chi connectivity index (χ4v) is 3.51. The van der Waals surface area contributed by atoms with E-state index in [0.717, 1.165) is 9.99 Å². The molecular formula is C17H20IN3O2. The largest absolute Gasteiger partial charge is 0.354 e. The van der Waals surface area contributed by atoms with Gasteiger partial charge in [0, 0.05) is 6.20 Å². The van der Waals surface area contributed by atoms with Gasteiger partial charge in [-0.2, -0.15) is 5.10 Å². The Labute approximate surface area is 149 Å². The number of hydrogen-bond donors (Lipinski definition) is 0. The molecule has 0 N–H and O–H groups in total. The van der Waals surface area contributed by atoms with Gasteiger partial charge in [0.1, 0.15) is 12.3 Å². The molecule has 2 aromatic rings. The summed E-state index contributed by atoms with van der Waals surface area (Å²) in [6.45, 7) is 4.69. The molecule has 1 fully saturated rings. The molecule has 3 rings (SSSR count). The van der Waals surface area contributed by atoms with Gasteiger partial charge in [-0.15, -0.1) is 0 Å². The van der Waals surface area contributed by atoms with Crippen LogP contribution in [-0.4, -0.2) is 39.0 Å². The maximum Gasteiger partial charge on any atom is 0.246 e. The van der Waals surface area contributed by atoms with Crippen LogP contribution in [0.25, 0.3) is 0 Å².